The van der Waals surface area contributed by atoms with Crippen LogP contribution in [0.1, 0.15) is 19.3 Å². The molecule has 0 aromatic heterocycles. The zero-order valence-corrected chi connectivity index (χ0v) is 12.0. The monoisotopic (exact) mass is 291 g/mol. The number of benzene rings is 1. The number of ether oxygens (including phenoxy) is 1. The molecule has 1 fully saturated rings. The van der Waals surface area contributed by atoms with Crippen molar-refractivity contribution in [3.8, 4) is 5.75 Å². The number of amides is 2. The van der Waals surface area contributed by atoms with E-state index in [9.17, 15) is 9.59 Å². The maximum Gasteiger partial charge on any atom is 0.257 e. The summed E-state index contributed by atoms with van der Waals surface area (Å²) in [5.74, 6) is 0.412. The molecule has 0 bridgehead atoms. The molecule has 0 aliphatic carbocycles. The van der Waals surface area contributed by atoms with E-state index < -0.39 is 0 Å². The Balaban J connectivity index is 1.62. The van der Waals surface area contributed by atoms with Crippen LogP contribution in [0.3, 0.4) is 0 Å². The van der Waals surface area contributed by atoms with Crippen molar-refractivity contribution in [3.63, 3.8) is 0 Å². The van der Waals surface area contributed by atoms with Crippen LogP contribution in [0.25, 0.3) is 0 Å². The standard InChI is InChI=1S/C15H21N3O3/c16-12-4-3-5-13(10-12)21-11-14(19)17-7-6-15(20)18-8-1-2-9-18/h3-5,10H,1-2,6-9,11,16H2,(H,17,19). The van der Waals surface area contributed by atoms with Gasteiger partial charge in [-0.1, -0.05) is 6.07 Å². The van der Waals surface area contributed by atoms with Gasteiger partial charge < -0.3 is 20.7 Å². The van der Waals surface area contributed by atoms with Crippen LogP contribution in [0.2, 0.25) is 0 Å². The molecule has 1 aliphatic rings. The molecule has 114 valence electrons. The van der Waals surface area contributed by atoms with E-state index in [1.165, 1.54) is 0 Å². The van der Waals surface area contributed by atoms with Gasteiger partial charge in [-0.25, -0.2) is 0 Å². The van der Waals surface area contributed by atoms with E-state index in [0.717, 1.165) is 25.9 Å². The highest BCUT2D eigenvalue weighted by molar-refractivity contribution is 5.80. The SMILES string of the molecule is Nc1cccc(OCC(=O)NCCC(=O)N2CCCC2)c1. The average Bonchev–Trinajstić information content (AvgIpc) is 2.99. The van der Waals surface area contributed by atoms with Crippen LogP contribution in [-0.4, -0.2) is 43.0 Å². The van der Waals surface area contributed by atoms with E-state index in [-0.39, 0.29) is 18.4 Å². The molecule has 1 heterocycles. The number of nitrogens with zero attached hydrogens (tertiary/aromatic N) is 1. The van der Waals surface area contributed by atoms with Gasteiger partial charge >= 0.3 is 0 Å². The highest BCUT2D eigenvalue weighted by Crippen LogP contribution is 2.14. The molecule has 2 rings (SSSR count). The Morgan fingerprint density at radius 1 is 1.29 bits per heavy atom. The Kier molecular flexibility index (Phi) is 5.43. The number of likely N-dealkylation sites (tertiary alicyclic amines) is 1. The normalized spacial score (nSPS) is 14.0. The molecule has 6 nitrogen and oxygen atoms in total. The lowest BCUT2D eigenvalue weighted by molar-refractivity contribution is -0.130. The van der Waals surface area contributed by atoms with Crippen LogP contribution in [0.5, 0.6) is 5.75 Å². The first-order chi connectivity index (χ1) is 10.1. The average molecular weight is 291 g/mol. The lowest BCUT2D eigenvalue weighted by Crippen LogP contribution is -2.34. The van der Waals surface area contributed by atoms with Crippen LogP contribution < -0.4 is 15.8 Å². The summed E-state index contributed by atoms with van der Waals surface area (Å²) < 4.78 is 5.32. The molecular weight excluding hydrogens is 270 g/mol. The maximum absolute atomic E-state index is 11.8. The van der Waals surface area contributed by atoms with Gasteiger partial charge in [-0.05, 0) is 25.0 Å². The highest BCUT2D eigenvalue weighted by Gasteiger charge is 2.17. The molecule has 1 aromatic rings. The second-order valence-electron chi connectivity index (χ2n) is 5.05. The second-order valence-corrected chi connectivity index (χ2v) is 5.05. The first-order valence-electron chi connectivity index (χ1n) is 7.18. The van der Waals surface area contributed by atoms with Gasteiger partial charge in [0.2, 0.25) is 5.91 Å². The molecule has 21 heavy (non-hydrogen) atoms. The van der Waals surface area contributed by atoms with Crippen LogP contribution in [0, 0.1) is 0 Å². The molecule has 2 amide bonds. The zero-order valence-electron chi connectivity index (χ0n) is 12.0. The number of carbonyl (C=O) groups excluding carboxylic acids is 2. The van der Waals surface area contributed by atoms with Gasteiger partial charge in [-0.2, -0.15) is 0 Å². The molecule has 0 saturated carbocycles. The minimum atomic E-state index is -0.244. The van der Waals surface area contributed by atoms with Crippen molar-refractivity contribution >= 4 is 17.5 Å². The second kappa shape index (κ2) is 7.52. The first-order valence-corrected chi connectivity index (χ1v) is 7.18. The van der Waals surface area contributed by atoms with Crippen molar-refractivity contribution < 1.29 is 14.3 Å². The van der Waals surface area contributed by atoms with E-state index in [1.807, 2.05) is 4.90 Å². The summed E-state index contributed by atoms with van der Waals surface area (Å²) in [6.45, 7) is 1.94. The number of hydrogen-bond donors (Lipinski definition) is 2. The predicted molar refractivity (Wildman–Crippen MR) is 79.8 cm³/mol. The van der Waals surface area contributed by atoms with Crippen molar-refractivity contribution in [1.82, 2.24) is 10.2 Å². The van der Waals surface area contributed by atoms with Crippen molar-refractivity contribution in [2.24, 2.45) is 0 Å². The van der Waals surface area contributed by atoms with Crippen molar-refractivity contribution in [3.05, 3.63) is 24.3 Å². The summed E-state index contributed by atoms with van der Waals surface area (Å²) in [6, 6.07) is 6.90. The van der Waals surface area contributed by atoms with Crippen LogP contribution >= 0.6 is 0 Å². The summed E-state index contributed by atoms with van der Waals surface area (Å²) >= 11 is 0. The number of rotatable bonds is 6. The number of carbonyl (C=O) groups is 2. The molecule has 0 spiro atoms. The van der Waals surface area contributed by atoms with E-state index in [2.05, 4.69) is 5.32 Å². The fraction of sp³-hybridized carbons (Fsp3) is 0.467. The van der Waals surface area contributed by atoms with Gasteiger partial charge in [0.05, 0.1) is 0 Å². The predicted octanol–water partition coefficient (Wildman–Crippen LogP) is 0.776. The lowest BCUT2D eigenvalue weighted by atomic mass is 10.3. The van der Waals surface area contributed by atoms with Crippen molar-refractivity contribution in [2.45, 2.75) is 19.3 Å². The van der Waals surface area contributed by atoms with E-state index in [1.54, 1.807) is 24.3 Å². The van der Waals surface area contributed by atoms with Crippen LogP contribution in [0.4, 0.5) is 5.69 Å². The molecule has 0 atom stereocenters. The molecule has 0 unspecified atom stereocenters. The van der Waals surface area contributed by atoms with Crippen molar-refractivity contribution in [1.29, 1.82) is 0 Å². The van der Waals surface area contributed by atoms with Gasteiger partial charge in [0, 0.05) is 37.8 Å². The van der Waals surface area contributed by atoms with Gasteiger partial charge in [-0.15, -0.1) is 0 Å². The maximum atomic E-state index is 11.8. The lowest BCUT2D eigenvalue weighted by Gasteiger charge is -2.15. The Morgan fingerprint density at radius 3 is 2.76 bits per heavy atom. The third-order valence-electron chi connectivity index (χ3n) is 3.35. The number of nitrogens with one attached hydrogen (secondary N) is 1. The molecular formula is C15H21N3O3. The summed E-state index contributed by atoms with van der Waals surface area (Å²) in [6.07, 6.45) is 2.49. The minimum absolute atomic E-state index is 0.0820. The van der Waals surface area contributed by atoms with Crippen LogP contribution in [-0.2, 0) is 9.59 Å². The van der Waals surface area contributed by atoms with Gasteiger partial charge in [0.25, 0.3) is 5.91 Å². The van der Waals surface area contributed by atoms with Crippen molar-refractivity contribution in [2.75, 3.05) is 32.0 Å². The third-order valence-corrected chi connectivity index (χ3v) is 3.35. The summed E-state index contributed by atoms with van der Waals surface area (Å²) in [5.41, 5.74) is 6.20. The quantitative estimate of drug-likeness (QED) is 0.758. The summed E-state index contributed by atoms with van der Waals surface area (Å²) in [5, 5.41) is 2.68. The number of anilines is 1. The molecule has 0 radical (unpaired) electrons. The Bertz CT molecular complexity index is 499. The summed E-state index contributed by atoms with van der Waals surface area (Å²) in [4.78, 5) is 25.2. The van der Waals surface area contributed by atoms with E-state index in [4.69, 9.17) is 10.5 Å². The van der Waals surface area contributed by atoms with E-state index >= 15 is 0 Å². The van der Waals surface area contributed by atoms with Gasteiger partial charge in [-0.3, -0.25) is 9.59 Å². The smallest absolute Gasteiger partial charge is 0.257 e. The Morgan fingerprint density at radius 2 is 2.05 bits per heavy atom. The topological polar surface area (TPSA) is 84.7 Å². The summed E-state index contributed by atoms with van der Waals surface area (Å²) in [7, 11) is 0. The Hall–Kier alpha value is -2.24. The third kappa shape index (κ3) is 4.98. The highest BCUT2D eigenvalue weighted by atomic mass is 16.5. The zero-order chi connectivity index (χ0) is 15.1. The Labute approximate surface area is 124 Å². The molecule has 1 saturated heterocycles. The molecule has 6 heteroatoms. The molecule has 1 aromatic carbocycles. The fourth-order valence-electron chi connectivity index (χ4n) is 2.24. The minimum Gasteiger partial charge on any atom is -0.484 e. The first kappa shape index (κ1) is 15.2. The van der Waals surface area contributed by atoms with Gasteiger partial charge in [0.1, 0.15) is 5.75 Å². The molecule has 1 aliphatic heterocycles. The number of nitrogens with two attached hydrogens (primary N) is 1. The molecule has 3 N–H and O–H groups in total. The van der Waals surface area contributed by atoms with E-state index in [0.29, 0.717) is 24.4 Å². The number of nitrogen functional groups attached to an aromatic ring is 1. The number of hydrogen-bond acceptors (Lipinski definition) is 4. The largest absolute Gasteiger partial charge is 0.484 e. The fourth-order valence-corrected chi connectivity index (χ4v) is 2.24. The van der Waals surface area contributed by atoms with Gasteiger partial charge in [0.15, 0.2) is 6.61 Å². The van der Waals surface area contributed by atoms with Crippen LogP contribution in [0.15, 0.2) is 24.3 Å².